The highest BCUT2D eigenvalue weighted by atomic mass is 16.5. The summed E-state index contributed by atoms with van der Waals surface area (Å²) in [5.74, 6) is 2.18. The predicted molar refractivity (Wildman–Crippen MR) is 87.9 cm³/mol. The topological polar surface area (TPSA) is 68.1 Å². The number of imidazole rings is 1. The van der Waals surface area contributed by atoms with E-state index in [9.17, 15) is 5.21 Å². The molecular weight excluding hydrogens is 292 g/mol. The van der Waals surface area contributed by atoms with Crippen molar-refractivity contribution in [1.29, 1.82) is 0 Å². The van der Waals surface area contributed by atoms with Gasteiger partial charge in [-0.1, -0.05) is 6.07 Å². The van der Waals surface area contributed by atoms with Crippen molar-refractivity contribution in [2.75, 3.05) is 11.4 Å². The van der Waals surface area contributed by atoms with Gasteiger partial charge in [0.2, 0.25) is 0 Å². The van der Waals surface area contributed by atoms with Crippen LogP contribution in [-0.4, -0.2) is 22.1 Å². The molecule has 3 aromatic rings. The van der Waals surface area contributed by atoms with Gasteiger partial charge in [0.15, 0.2) is 11.4 Å². The standard InChI is InChI=1S/C17H18N4O2/c1-11-18-12-8-14-15(9-13(12)19-11)23-17(2,3)10-20(14)16-6-4-5-7-21(16)22/h4-9H,10H2,1-3H3,(H,18,19). The van der Waals surface area contributed by atoms with E-state index >= 15 is 0 Å². The van der Waals surface area contributed by atoms with Crippen LogP contribution in [-0.2, 0) is 0 Å². The van der Waals surface area contributed by atoms with Gasteiger partial charge in [0.25, 0.3) is 5.82 Å². The molecule has 0 radical (unpaired) electrons. The van der Waals surface area contributed by atoms with Gasteiger partial charge < -0.3 is 14.9 Å². The number of aromatic nitrogens is 3. The van der Waals surface area contributed by atoms with Crippen LogP contribution in [0.2, 0.25) is 0 Å². The summed E-state index contributed by atoms with van der Waals surface area (Å²) in [6, 6.07) is 9.34. The summed E-state index contributed by atoms with van der Waals surface area (Å²) in [4.78, 5) is 9.70. The molecule has 0 atom stereocenters. The first-order chi connectivity index (χ1) is 10.9. The Labute approximate surface area is 133 Å². The Kier molecular flexibility index (Phi) is 2.78. The third-order valence-electron chi connectivity index (χ3n) is 3.98. The Morgan fingerprint density at radius 3 is 2.96 bits per heavy atom. The van der Waals surface area contributed by atoms with Gasteiger partial charge in [-0.05, 0) is 26.8 Å². The third kappa shape index (κ3) is 2.27. The molecule has 1 aliphatic rings. The first-order valence-corrected chi connectivity index (χ1v) is 7.58. The molecule has 0 amide bonds. The van der Waals surface area contributed by atoms with Gasteiger partial charge in [0.05, 0.1) is 17.2 Å². The minimum Gasteiger partial charge on any atom is -0.711 e. The quantitative estimate of drug-likeness (QED) is 0.554. The highest BCUT2D eigenvalue weighted by molar-refractivity contribution is 5.85. The van der Waals surface area contributed by atoms with E-state index < -0.39 is 5.60 Å². The number of ether oxygens (including phenoxy) is 1. The Bertz CT molecular complexity index is 901. The lowest BCUT2D eigenvalue weighted by atomic mass is 10.0. The maximum Gasteiger partial charge on any atom is 0.285 e. The van der Waals surface area contributed by atoms with Crippen molar-refractivity contribution in [3.8, 4) is 5.75 Å². The molecule has 6 heteroatoms. The largest absolute Gasteiger partial charge is 0.711 e. The van der Waals surface area contributed by atoms with Crippen molar-refractivity contribution in [3.63, 3.8) is 0 Å². The van der Waals surface area contributed by atoms with E-state index in [1.807, 2.05) is 49.9 Å². The van der Waals surface area contributed by atoms with Crippen LogP contribution in [0.4, 0.5) is 11.5 Å². The van der Waals surface area contributed by atoms with Crippen LogP contribution in [0.15, 0.2) is 36.5 Å². The fourth-order valence-corrected chi connectivity index (χ4v) is 3.08. The van der Waals surface area contributed by atoms with Crippen molar-refractivity contribution in [1.82, 2.24) is 9.97 Å². The number of aryl methyl sites for hydroxylation is 1. The van der Waals surface area contributed by atoms with E-state index in [0.29, 0.717) is 12.4 Å². The van der Waals surface area contributed by atoms with Crippen LogP contribution in [0.5, 0.6) is 5.75 Å². The lowest BCUT2D eigenvalue weighted by molar-refractivity contribution is -0.592. The molecule has 1 aromatic carbocycles. The number of hydrogen-bond donors (Lipinski definition) is 1. The van der Waals surface area contributed by atoms with Gasteiger partial charge in [0, 0.05) is 18.2 Å². The number of hydrogen-bond acceptors (Lipinski definition) is 4. The molecular formula is C17H18N4O2. The second kappa shape index (κ2) is 4.62. The number of aromatic amines is 1. The van der Waals surface area contributed by atoms with E-state index in [1.54, 1.807) is 6.07 Å². The zero-order valence-corrected chi connectivity index (χ0v) is 13.3. The molecule has 1 aliphatic heterocycles. The molecule has 6 nitrogen and oxygen atoms in total. The molecule has 0 unspecified atom stereocenters. The molecule has 118 valence electrons. The first kappa shape index (κ1) is 13.9. The lowest BCUT2D eigenvalue weighted by Crippen LogP contribution is -2.48. The average Bonchev–Trinajstić information content (AvgIpc) is 2.83. The minimum atomic E-state index is -0.408. The molecule has 3 heterocycles. The van der Waals surface area contributed by atoms with Gasteiger partial charge in [0.1, 0.15) is 18.0 Å². The molecule has 0 saturated carbocycles. The summed E-state index contributed by atoms with van der Waals surface area (Å²) >= 11 is 0. The highest BCUT2D eigenvalue weighted by Gasteiger charge is 2.38. The Morgan fingerprint density at radius 2 is 2.17 bits per heavy atom. The predicted octanol–water partition coefficient (Wildman–Crippen LogP) is 2.81. The van der Waals surface area contributed by atoms with Crippen molar-refractivity contribution >= 4 is 22.5 Å². The normalized spacial score (nSPS) is 16.2. The lowest BCUT2D eigenvalue weighted by Gasteiger charge is -2.36. The van der Waals surface area contributed by atoms with Crippen LogP contribution in [0, 0.1) is 12.1 Å². The van der Waals surface area contributed by atoms with E-state index in [2.05, 4.69) is 9.97 Å². The van der Waals surface area contributed by atoms with Crippen molar-refractivity contribution in [3.05, 3.63) is 47.6 Å². The maximum atomic E-state index is 12.2. The Balaban J connectivity index is 1.94. The molecule has 0 aliphatic carbocycles. The van der Waals surface area contributed by atoms with Crippen LogP contribution in [0.3, 0.4) is 0 Å². The fourth-order valence-electron chi connectivity index (χ4n) is 3.08. The van der Waals surface area contributed by atoms with Crippen LogP contribution < -0.4 is 14.4 Å². The van der Waals surface area contributed by atoms with Crippen molar-refractivity contribution in [2.45, 2.75) is 26.4 Å². The number of nitrogens with one attached hydrogen (secondary N) is 1. The highest BCUT2D eigenvalue weighted by Crippen LogP contribution is 2.42. The van der Waals surface area contributed by atoms with Crippen LogP contribution in [0.1, 0.15) is 19.7 Å². The molecule has 0 fully saturated rings. The van der Waals surface area contributed by atoms with Gasteiger partial charge in [-0.2, -0.15) is 0 Å². The fraction of sp³-hybridized carbons (Fsp3) is 0.294. The zero-order chi connectivity index (χ0) is 16.2. The molecule has 0 saturated heterocycles. The van der Waals surface area contributed by atoms with Crippen molar-refractivity contribution < 1.29 is 9.47 Å². The second-order valence-electron chi connectivity index (χ2n) is 6.49. The SMILES string of the molecule is Cc1nc2cc3c(cc2[nH]1)N(c1cccc[n+]1[O-])CC(C)(C)O3. The Hall–Kier alpha value is -2.76. The van der Waals surface area contributed by atoms with E-state index in [-0.39, 0.29) is 0 Å². The summed E-state index contributed by atoms with van der Waals surface area (Å²) in [5, 5.41) is 12.2. The van der Waals surface area contributed by atoms with Crippen LogP contribution >= 0.6 is 0 Å². The molecule has 0 bridgehead atoms. The average molecular weight is 310 g/mol. The van der Waals surface area contributed by atoms with E-state index in [4.69, 9.17) is 4.74 Å². The maximum absolute atomic E-state index is 12.2. The van der Waals surface area contributed by atoms with E-state index in [0.717, 1.165) is 33.0 Å². The summed E-state index contributed by atoms with van der Waals surface area (Å²) in [5.41, 5.74) is 2.26. The van der Waals surface area contributed by atoms with Crippen molar-refractivity contribution in [2.24, 2.45) is 0 Å². The number of rotatable bonds is 1. The third-order valence-corrected chi connectivity index (χ3v) is 3.98. The van der Waals surface area contributed by atoms with Gasteiger partial charge in [-0.25, -0.2) is 14.6 Å². The number of pyridine rings is 1. The number of anilines is 2. The minimum absolute atomic E-state index is 0.408. The molecule has 1 N–H and O–H groups in total. The van der Waals surface area contributed by atoms with Gasteiger partial charge in [-0.3, -0.25) is 0 Å². The smallest absolute Gasteiger partial charge is 0.285 e. The summed E-state index contributed by atoms with van der Waals surface area (Å²) in [6.07, 6.45) is 1.51. The number of fused-ring (bicyclic) bond motifs is 2. The monoisotopic (exact) mass is 310 g/mol. The van der Waals surface area contributed by atoms with Crippen LogP contribution in [0.25, 0.3) is 11.0 Å². The molecule has 4 rings (SSSR count). The molecule has 2 aromatic heterocycles. The number of H-pyrrole nitrogens is 1. The summed E-state index contributed by atoms with van der Waals surface area (Å²) in [6.45, 7) is 6.54. The summed E-state index contributed by atoms with van der Waals surface area (Å²) in [7, 11) is 0. The molecule has 23 heavy (non-hydrogen) atoms. The van der Waals surface area contributed by atoms with E-state index in [1.165, 1.54) is 6.20 Å². The van der Waals surface area contributed by atoms with Gasteiger partial charge in [-0.15, -0.1) is 0 Å². The zero-order valence-electron chi connectivity index (χ0n) is 13.3. The van der Waals surface area contributed by atoms with Gasteiger partial charge >= 0.3 is 0 Å². The number of nitrogens with zero attached hydrogens (tertiary/aromatic N) is 3. The second-order valence-corrected chi connectivity index (χ2v) is 6.49. The molecule has 0 spiro atoms. The Morgan fingerprint density at radius 1 is 1.35 bits per heavy atom. The first-order valence-electron chi connectivity index (χ1n) is 7.58. The number of benzene rings is 1. The summed E-state index contributed by atoms with van der Waals surface area (Å²) < 4.78 is 7.00.